The van der Waals surface area contributed by atoms with E-state index in [0.29, 0.717) is 0 Å². The average Bonchev–Trinajstić information content (AvgIpc) is 2.28. The fourth-order valence-electron chi connectivity index (χ4n) is 1.93. The molecule has 0 amide bonds. The predicted octanol–water partition coefficient (Wildman–Crippen LogP) is 0.837. The summed E-state index contributed by atoms with van der Waals surface area (Å²) < 4.78 is 4.75. The van der Waals surface area contributed by atoms with Crippen molar-refractivity contribution in [2.45, 2.75) is 13.8 Å². The molecule has 2 unspecified atom stereocenters. The van der Waals surface area contributed by atoms with Crippen molar-refractivity contribution in [3.8, 4) is 0 Å². The Morgan fingerprint density at radius 3 is 2.44 bits per heavy atom. The van der Waals surface area contributed by atoms with Crippen molar-refractivity contribution >= 4 is 17.9 Å². The Kier molecular flexibility index (Phi) is 3.90. The van der Waals surface area contributed by atoms with Gasteiger partial charge in [-0.2, -0.15) is 0 Å². The average molecular weight is 254 g/mol. The van der Waals surface area contributed by atoms with Crippen LogP contribution < -0.4 is 0 Å². The summed E-state index contributed by atoms with van der Waals surface area (Å²) in [5.41, 5.74) is -2.11. The van der Waals surface area contributed by atoms with Crippen LogP contribution in [-0.2, 0) is 19.1 Å². The highest BCUT2D eigenvalue weighted by molar-refractivity contribution is 6.04. The number of carbonyl (C=O) groups excluding carboxylic acids is 1. The molecule has 98 valence electrons. The van der Waals surface area contributed by atoms with Gasteiger partial charge >= 0.3 is 17.9 Å². The maximum absolute atomic E-state index is 11.9. The van der Waals surface area contributed by atoms with Gasteiger partial charge in [0.2, 0.25) is 0 Å². The molecule has 0 fully saturated rings. The molecule has 6 heteroatoms. The highest BCUT2D eigenvalue weighted by Gasteiger charge is 2.53. The lowest BCUT2D eigenvalue weighted by atomic mass is 9.70. The minimum absolute atomic E-state index is 0.0283. The summed E-state index contributed by atoms with van der Waals surface area (Å²) >= 11 is 0. The first-order valence-electron chi connectivity index (χ1n) is 5.41. The molecule has 18 heavy (non-hydrogen) atoms. The second-order valence-electron chi connectivity index (χ2n) is 3.90. The number of carboxylic acids is 2. The molecule has 6 nitrogen and oxygen atoms in total. The molecule has 0 aromatic rings. The third-order valence-electron chi connectivity index (χ3n) is 3.00. The number of hydrogen-bond acceptors (Lipinski definition) is 4. The Labute approximate surface area is 104 Å². The molecule has 2 N–H and O–H groups in total. The van der Waals surface area contributed by atoms with Gasteiger partial charge in [-0.1, -0.05) is 25.2 Å². The van der Waals surface area contributed by atoms with E-state index in [1.54, 1.807) is 6.92 Å². The molecule has 0 saturated heterocycles. The van der Waals surface area contributed by atoms with E-state index in [9.17, 15) is 19.5 Å². The Bertz CT molecular complexity index is 447. The van der Waals surface area contributed by atoms with Crippen molar-refractivity contribution in [2.75, 3.05) is 6.61 Å². The molecule has 0 aromatic heterocycles. The molecule has 1 rings (SSSR count). The van der Waals surface area contributed by atoms with Crippen molar-refractivity contribution < 1.29 is 29.3 Å². The van der Waals surface area contributed by atoms with Gasteiger partial charge in [0.1, 0.15) is 0 Å². The van der Waals surface area contributed by atoms with Crippen molar-refractivity contribution in [1.29, 1.82) is 0 Å². The monoisotopic (exact) mass is 254 g/mol. The van der Waals surface area contributed by atoms with E-state index in [0.717, 1.165) is 0 Å². The molecule has 0 aliphatic heterocycles. The van der Waals surface area contributed by atoms with Gasteiger partial charge in [0.15, 0.2) is 5.41 Å². The van der Waals surface area contributed by atoms with Crippen LogP contribution in [0.2, 0.25) is 0 Å². The van der Waals surface area contributed by atoms with Crippen LogP contribution in [0.25, 0.3) is 0 Å². The van der Waals surface area contributed by atoms with Crippen molar-refractivity contribution in [3.05, 3.63) is 23.8 Å². The number of rotatable bonds is 4. The van der Waals surface area contributed by atoms with Crippen LogP contribution in [0.4, 0.5) is 0 Å². The third kappa shape index (κ3) is 2.01. The maximum Gasteiger partial charge on any atom is 0.331 e. The van der Waals surface area contributed by atoms with Gasteiger partial charge in [0, 0.05) is 11.5 Å². The Balaban J connectivity index is 3.27. The first kappa shape index (κ1) is 14.0. The van der Waals surface area contributed by atoms with Crippen LogP contribution in [-0.4, -0.2) is 34.7 Å². The van der Waals surface area contributed by atoms with Crippen LogP contribution in [0, 0.1) is 11.3 Å². The smallest absolute Gasteiger partial charge is 0.331 e. The molecule has 1 aliphatic rings. The zero-order chi connectivity index (χ0) is 13.9. The molecule has 2 atom stereocenters. The highest BCUT2D eigenvalue weighted by Crippen LogP contribution is 2.39. The molecule has 1 aliphatic carbocycles. The van der Waals surface area contributed by atoms with Gasteiger partial charge in [-0.3, -0.25) is 9.59 Å². The molecular weight excluding hydrogens is 240 g/mol. The molecule has 0 heterocycles. The summed E-state index contributed by atoms with van der Waals surface area (Å²) in [6, 6.07) is 0. The van der Waals surface area contributed by atoms with E-state index >= 15 is 0 Å². The first-order valence-corrected chi connectivity index (χ1v) is 5.41. The first-order chi connectivity index (χ1) is 8.37. The fraction of sp³-hybridized carbons (Fsp3) is 0.417. The Morgan fingerprint density at radius 2 is 2.00 bits per heavy atom. The predicted molar refractivity (Wildman–Crippen MR) is 60.7 cm³/mol. The SMILES string of the molecule is CCOC(=O)C1(C(=O)O)C=CC=C(C(=O)O)C1C. The van der Waals surface area contributed by atoms with E-state index in [1.807, 2.05) is 0 Å². The van der Waals surface area contributed by atoms with Crippen molar-refractivity contribution in [2.24, 2.45) is 11.3 Å². The molecule has 0 bridgehead atoms. The molecule has 0 radical (unpaired) electrons. The zero-order valence-corrected chi connectivity index (χ0v) is 10.0. The second kappa shape index (κ2) is 5.03. The zero-order valence-electron chi connectivity index (χ0n) is 10.0. The molecule has 0 saturated carbocycles. The molecule has 0 spiro atoms. The van der Waals surface area contributed by atoms with E-state index in [-0.39, 0.29) is 12.2 Å². The lowest BCUT2D eigenvalue weighted by molar-refractivity contribution is -0.167. The fourth-order valence-corrected chi connectivity index (χ4v) is 1.93. The molecular formula is C12H14O6. The number of aliphatic carboxylic acids is 2. The summed E-state index contributed by atoms with van der Waals surface area (Å²) in [7, 11) is 0. The number of allylic oxidation sites excluding steroid dienone is 2. The van der Waals surface area contributed by atoms with Crippen molar-refractivity contribution in [3.63, 3.8) is 0 Å². The molecule has 0 aromatic carbocycles. The second-order valence-corrected chi connectivity index (χ2v) is 3.90. The van der Waals surface area contributed by atoms with Crippen LogP contribution in [0.15, 0.2) is 23.8 Å². The summed E-state index contributed by atoms with van der Waals surface area (Å²) in [6.45, 7) is 2.97. The number of carbonyl (C=O) groups is 3. The van der Waals surface area contributed by atoms with Crippen LogP contribution >= 0.6 is 0 Å². The lowest BCUT2D eigenvalue weighted by Gasteiger charge is -2.32. The van der Waals surface area contributed by atoms with Gasteiger partial charge in [-0.15, -0.1) is 0 Å². The summed E-state index contributed by atoms with van der Waals surface area (Å²) in [6.07, 6.45) is 3.71. The Hall–Kier alpha value is -2.11. The summed E-state index contributed by atoms with van der Waals surface area (Å²) in [5, 5.41) is 18.3. The third-order valence-corrected chi connectivity index (χ3v) is 3.00. The van der Waals surface area contributed by atoms with Crippen molar-refractivity contribution in [1.82, 2.24) is 0 Å². The van der Waals surface area contributed by atoms with Gasteiger partial charge in [-0.25, -0.2) is 4.79 Å². The van der Waals surface area contributed by atoms with Crippen LogP contribution in [0.3, 0.4) is 0 Å². The van der Waals surface area contributed by atoms with E-state index < -0.39 is 29.2 Å². The van der Waals surface area contributed by atoms with Crippen LogP contribution in [0.5, 0.6) is 0 Å². The number of carboxylic acid groups (broad SMARTS) is 2. The van der Waals surface area contributed by atoms with Gasteiger partial charge in [0.25, 0.3) is 0 Å². The summed E-state index contributed by atoms with van der Waals surface area (Å²) in [5.74, 6) is -4.62. The quantitative estimate of drug-likeness (QED) is 0.569. The van der Waals surface area contributed by atoms with Gasteiger partial charge in [0.05, 0.1) is 6.61 Å². The van der Waals surface area contributed by atoms with Crippen LogP contribution in [0.1, 0.15) is 13.8 Å². The minimum Gasteiger partial charge on any atom is -0.480 e. The van der Waals surface area contributed by atoms with E-state index in [2.05, 4.69) is 0 Å². The maximum atomic E-state index is 11.9. The van der Waals surface area contributed by atoms with E-state index in [4.69, 9.17) is 9.84 Å². The minimum atomic E-state index is -1.97. The van der Waals surface area contributed by atoms with E-state index in [1.165, 1.54) is 25.2 Å². The highest BCUT2D eigenvalue weighted by atomic mass is 16.5. The number of hydrogen-bond donors (Lipinski definition) is 2. The normalized spacial score (nSPS) is 26.3. The topological polar surface area (TPSA) is 101 Å². The lowest BCUT2D eigenvalue weighted by Crippen LogP contribution is -2.46. The largest absolute Gasteiger partial charge is 0.480 e. The Morgan fingerprint density at radius 1 is 1.39 bits per heavy atom. The van der Waals surface area contributed by atoms with Gasteiger partial charge in [-0.05, 0) is 6.92 Å². The summed E-state index contributed by atoms with van der Waals surface area (Å²) in [4.78, 5) is 34.3. The standard InChI is InChI=1S/C12H14O6/c1-3-18-11(17)12(10(15)16)6-4-5-8(7(12)2)9(13)14/h4-7H,3H2,1-2H3,(H,13,14)(H,15,16). The van der Waals surface area contributed by atoms with Gasteiger partial charge < -0.3 is 14.9 Å². The number of ether oxygens (including phenoxy) is 1. The number of esters is 1.